The number of methoxy groups -OCH3 is 1. The Morgan fingerprint density at radius 1 is 1.42 bits per heavy atom. The van der Waals surface area contributed by atoms with Crippen molar-refractivity contribution in [2.24, 2.45) is 0 Å². The number of carbonyl (C=O) groups is 1. The van der Waals surface area contributed by atoms with Crippen molar-refractivity contribution in [2.45, 2.75) is 37.6 Å². The normalized spacial score (nSPS) is 16.2. The monoisotopic (exact) mass is 331 g/mol. The van der Waals surface area contributed by atoms with E-state index in [9.17, 15) is 9.18 Å². The lowest BCUT2D eigenvalue weighted by atomic mass is 9.78. The van der Waals surface area contributed by atoms with Crippen molar-refractivity contribution in [3.63, 3.8) is 0 Å². The molecule has 3 rings (SSSR count). The summed E-state index contributed by atoms with van der Waals surface area (Å²) in [5.74, 6) is -0.393. The average Bonchev–Trinajstić information content (AvgIpc) is 3.23. The Morgan fingerprint density at radius 3 is 2.92 bits per heavy atom. The summed E-state index contributed by atoms with van der Waals surface area (Å²) in [6.45, 7) is 1.18. The number of anilines is 1. The zero-order chi connectivity index (χ0) is 17.0. The summed E-state index contributed by atoms with van der Waals surface area (Å²) in [5.41, 5.74) is 0.750. The molecule has 24 heavy (non-hydrogen) atoms. The molecule has 0 unspecified atom stereocenters. The molecule has 128 valence electrons. The van der Waals surface area contributed by atoms with E-state index in [1.54, 1.807) is 30.3 Å². The largest absolute Gasteiger partial charge is 0.383 e. The van der Waals surface area contributed by atoms with E-state index in [0.717, 1.165) is 31.2 Å². The van der Waals surface area contributed by atoms with Crippen LogP contribution in [0.15, 0.2) is 36.7 Å². The summed E-state index contributed by atoms with van der Waals surface area (Å²) in [6.07, 6.45) is 6.82. The number of halogens is 1. The highest BCUT2D eigenvalue weighted by Crippen LogP contribution is 2.42. The molecule has 1 fully saturated rings. The van der Waals surface area contributed by atoms with Crippen LogP contribution in [0.3, 0.4) is 0 Å². The van der Waals surface area contributed by atoms with Gasteiger partial charge in [0.25, 0.3) is 0 Å². The van der Waals surface area contributed by atoms with Gasteiger partial charge in [0.1, 0.15) is 5.82 Å². The fourth-order valence-corrected chi connectivity index (χ4v) is 3.40. The van der Waals surface area contributed by atoms with Crippen molar-refractivity contribution < 1.29 is 13.9 Å². The minimum Gasteiger partial charge on any atom is -0.383 e. The lowest BCUT2D eigenvalue weighted by Crippen LogP contribution is -2.38. The molecule has 0 radical (unpaired) electrons. The molecule has 1 N–H and O–H groups in total. The number of hydrogen-bond donors (Lipinski definition) is 1. The predicted molar refractivity (Wildman–Crippen MR) is 89.3 cm³/mol. The molecular formula is C18H22FN3O2. The van der Waals surface area contributed by atoms with Crippen LogP contribution in [0.25, 0.3) is 0 Å². The van der Waals surface area contributed by atoms with Gasteiger partial charge in [-0.15, -0.1) is 0 Å². The average molecular weight is 331 g/mol. The smallest absolute Gasteiger partial charge is 0.235 e. The van der Waals surface area contributed by atoms with Crippen LogP contribution < -0.4 is 5.32 Å². The van der Waals surface area contributed by atoms with E-state index in [-0.39, 0.29) is 11.7 Å². The number of benzene rings is 1. The van der Waals surface area contributed by atoms with Gasteiger partial charge >= 0.3 is 0 Å². The van der Waals surface area contributed by atoms with E-state index in [4.69, 9.17) is 4.74 Å². The second-order valence-electron chi connectivity index (χ2n) is 6.24. The second kappa shape index (κ2) is 7.13. The van der Waals surface area contributed by atoms with Crippen molar-refractivity contribution >= 4 is 11.6 Å². The van der Waals surface area contributed by atoms with E-state index in [1.165, 1.54) is 12.1 Å². The van der Waals surface area contributed by atoms with Gasteiger partial charge in [0.05, 0.1) is 30.5 Å². The van der Waals surface area contributed by atoms with Crippen LogP contribution in [0.1, 0.15) is 31.2 Å². The molecule has 0 bridgehead atoms. The number of carbonyl (C=O) groups excluding carboxylic acids is 1. The highest BCUT2D eigenvalue weighted by molar-refractivity contribution is 5.99. The minimum atomic E-state index is -0.656. The van der Waals surface area contributed by atoms with Crippen LogP contribution in [-0.4, -0.2) is 29.4 Å². The third-order valence-electron chi connectivity index (χ3n) is 4.68. The first-order valence-electron chi connectivity index (χ1n) is 8.23. The topological polar surface area (TPSA) is 56.1 Å². The van der Waals surface area contributed by atoms with Crippen LogP contribution in [0.4, 0.5) is 10.1 Å². The molecule has 1 aliphatic rings. The first kappa shape index (κ1) is 16.6. The zero-order valence-corrected chi connectivity index (χ0v) is 13.8. The standard InChI is InChI=1S/C18H22FN3O2/c1-24-10-9-22-13-16(12-20-22)21-17(23)18(7-2-3-8-18)14-5-4-6-15(19)11-14/h4-6,11-13H,2-3,7-10H2,1H3,(H,21,23). The number of nitrogens with one attached hydrogen (secondary N) is 1. The van der Waals surface area contributed by atoms with E-state index < -0.39 is 5.41 Å². The molecule has 1 saturated carbocycles. The van der Waals surface area contributed by atoms with Crippen LogP contribution in [0, 0.1) is 5.82 Å². The first-order valence-corrected chi connectivity index (χ1v) is 8.23. The lowest BCUT2D eigenvalue weighted by Gasteiger charge is -2.28. The Kier molecular flexibility index (Phi) is 4.94. The molecule has 0 aliphatic heterocycles. The van der Waals surface area contributed by atoms with E-state index in [1.807, 2.05) is 6.07 Å². The maximum absolute atomic E-state index is 13.6. The van der Waals surface area contributed by atoms with Crippen molar-refractivity contribution in [2.75, 3.05) is 19.0 Å². The van der Waals surface area contributed by atoms with E-state index in [0.29, 0.717) is 18.8 Å². The van der Waals surface area contributed by atoms with Crippen molar-refractivity contribution in [1.29, 1.82) is 0 Å². The SMILES string of the molecule is COCCn1cc(NC(=O)C2(c3cccc(F)c3)CCCC2)cn1. The summed E-state index contributed by atoms with van der Waals surface area (Å²) < 4.78 is 20.4. The molecule has 1 aromatic heterocycles. The van der Waals surface area contributed by atoms with Gasteiger partial charge in [-0.1, -0.05) is 25.0 Å². The summed E-state index contributed by atoms with van der Waals surface area (Å²) >= 11 is 0. The molecule has 1 amide bonds. The lowest BCUT2D eigenvalue weighted by molar-refractivity contribution is -0.121. The molecule has 0 atom stereocenters. The van der Waals surface area contributed by atoms with Gasteiger partial charge < -0.3 is 10.1 Å². The minimum absolute atomic E-state index is 0.0862. The molecule has 1 heterocycles. The van der Waals surface area contributed by atoms with Gasteiger partial charge in [0, 0.05) is 13.3 Å². The molecule has 5 nitrogen and oxygen atoms in total. The van der Waals surface area contributed by atoms with E-state index >= 15 is 0 Å². The van der Waals surface area contributed by atoms with Gasteiger partial charge in [0.15, 0.2) is 0 Å². The third kappa shape index (κ3) is 3.33. The van der Waals surface area contributed by atoms with Gasteiger partial charge in [0.2, 0.25) is 5.91 Å². The Bertz CT molecular complexity index is 708. The molecule has 0 spiro atoms. The van der Waals surface area contributed by atoms with Gasteiger partial charge in [-0.25, -0.2) is 4.39 Å². The number of amides is 1. The summed E-state index contributed by atoms with van der Waals surface area (Å²) in [4.78, 5) is 13.0. The van der Waals surface area contributed by atoms with Crippen LogP contribution in [-0.2, 0) is 21.5 Å². The fraction of sp³-hybridized carbons (Fsp3) is 0.444. The van der Waals surface area contributed by atoms with E-state index in [2.05, 4.69) is 10.4 Å². The van der Waals surface area contributed by atoms with Crippen molar-refractivity contribution in [1.82, 2.24) is 9.78 Å². The van der Waals surface area contributed by atoms with Crippen LogP contribution in [0.2, 0.25) is 0 Å². The van der Waals surface area contributed by atoms with Gasteiger partial charge in [-0.3, -0.25) is 9.48 Å². The molecular weight excluding hydrogens is 309 g/mol. The first-order chi connectivity index (χ1) is 11.6. The number of nitrogens with zero attached hydrogens (tertiary/aromatic N) is 2. The molecule has 1 aliphatic carbocycles. The zero-order valence-electron chi connectivity index (χ0n) is 13.8. The fourth-order valence-electron chi connectivity index (χ4n) is 3.40. The number of hydrogen-bond acceptors (Lipinski definition) is 3. The van der Waals surface area contributed by atoms with Crippen LogP contribution >= 0.6 is 0 Å². The number of aromatic nitrogens is 2. The third-order valence-corrected chi connectivity index (χ3v) is 4.68. The summed E-state index contributed by atoms with van der Waals surface area (Å²) in [5, 5.41) is 7.16. The Morgan fingerprint density at radius 2 is 2.21 bits per heavy atom. The molecule has 0 saturated heterocycles. The van der Waals surface area contributed by atoms with Crippen LogP contribution in [0.5, 0.6) is 0 Å². The number of rotatable bonds is 6. The predicted octanol–water partition coefficient (Wildman–Crippen LogP) is 3.12. The van der Waals surface area contributed by atoms with Gasteiger partial charge in [-0.05, 0) is 30.5 Å². The maximum Gasteiger partial charge on any atom is 0.235 e. The highest BCUT2D eigenvalue weighted by Gasteiger charge is 2.43. The Balaban J connectivity index is 1.79. The molecule has 6 heteroatoms. The van der Waals surface area contributed by atoms with Crippen molar-refractivity contribution in [3.8, 4) is 0 Å². The maximum atomic E-state index is 13.6. The molecule has 1 aromatic carbocycles. The molecule has 2 aromatic rings. The Hall–Kier alpha value is -2.21. The summed E-state index contributed by atoms with van der Waals surface area (Å²) in [6, 6.07) is 6.40. The quantitative estimate of drug-likeness (QED) is 0.885. The highest BCUT2D eigenvalue weighted by atomic mass is 19.1. The summed E-state index contributed by atoms with van der Waals surface area (Å²) in [7, 11) is 1.63. The second-order valence-corrected chi connectivity index (χ2v) is 6.24. The van der Waals surface area contributed by atoms with Crippen molar-refractivity contribution in [3.05, 3.63) is 48.0 Å². The Labute approximate surface area is 140 Å². The number of ether oxygens (including phenoxy) is 1. The van der Waals surface area contributed by atoms with Gasteiger partial charge in [-0.2, -0.15) is 5.10 Å².